The fourth-order valence-corrected chi connectivity index (χ4v) is 5.21. The van der Waals surface area contributed by atoms with Crippen molar-refractivity contribution in [3.8, 4) is 23.3 Å². The van der Waals surface area contributed by atoms with Crippen LogP contribution in [0.5, 0.6) is 5.75 Å². The molecular formula is C33H35ClN4O2. The number of aromatic nitrogens is 1. The minimum absolute atomic E-state index is 0.109. The fraction of sp³-hybridized carbons (Fsp3) is 0.333. The monoisotopic (exact) mass is 554 g/mol. The number of nitrogens with zero attached hydrogens (tertiary/aromatic N) is 3. The minimum Gasteiger partial charge on any atom is -0.489 e. The second kappa shape index (κ2) is 12.2. The van der Waals surface area contributed by atoms with Crippen LogP contribution in [0.1, 0.15) is 62.0 Å². The van der Waals surface area contributed by atoms with E-state index in [1.54, 1.807) is 0 Å². The summed E-state index contributed by atoms with van der Waals surface area (Å²) in [6.07, 6.45) is 2.40. The highest BCUT2D eigenvalue weighted by atomic mass is 35.5. The van der Waals surface area contributed by atoms with Gasteiger partial charge in [0, 0.05) is 22.7 Å². The van der Waals surface area contributed by atoms with E-state index in [0.29, 0.717) is 35.7 Å². The molecule has 1 aromatic heterocycles. The number of hydrogen-bond donors (Lipinski definition) is 1. The molecule has 206 valence electrons. The van der Waals surface area contributed by atoms with Crippen LogP contribution in [-0.2, 0) is 12.0 Å². The highest BCUT2D eigenvalue weighted by Crippen LogP contribution is 2.31. The van der Waals surface area contributed by atoms with Gasteiger partial charge in [-0.05, 0) is 72.8 Å². The Balaban J connectivity index is 1.29. The number of likely N-dealkylation sites (tertiary alicyclic amines) is 1. The number of oxazole rings is 1. The third-order valence-corrected chi connectivity index (χ3v) is 7.75. The van der Waals surface area contributed by atoms with E-state index in [-0.39, 0.29) is 17.2 Å². The second-order valence-corrected chi connectivity index (χ2v) is 11.6. The van der Waals surface area contributed by atoms with Crippen molar-refractivity contribution in [3.63, 3.8) is 0 Å². The molecule has 5 rings (SSSR count). The Morgan fingerprint density at radius 3 is 2.38 bits per heavy atom. The predicted molar refractivity (Wildman–Crippen MR) is 160 cm³/mol. The van der Waals surface area contributed by atoms with E-state index in [4.69, 9.17) is 20.8 Å². The van der Waals surface area contributed by atoms with Gasteiger partial charge in [-0.25, -0.2) is 0 Å². The van der Waals surface area contributed by atoms with Crippen LogP contribution in [0, 0.1) is 11.3 Å². The lowest BCUT2D eigenvalue weighted by atomic mass is 9.86. The number of nitriles is 1. The van der Waals surface area contributed by atoms with Crippen LogP contribution in [-0.4, -0.2) is 29.5 Å². The Labute approximate surface area is 241 Å². The van der Waals surface area contributed by atoms with Crippen LogP contribution < -0.4 is 10.1 Å². The second-order valence-electron chi connectivity index (χ2n) is 11.2. The zero-order valence-electron chi connectivity index (χ0n) is 23.3. The van der Waals surface area contributed by atoms with Gasteiger partial charge in [0.05, 0.1) is 6.04 Å². The van der Waals surface area contributed by atoms with E-state index in [9.17, 15) is 5.26 Å². The molecule has 0 saturated carbocycles. The standard InChI is InChI=1S/C33H35ClN4O2/c1-33(2,3)26-14-10-23(11-15-26)30(38-18-6-7-19-38)21-36-32-29(20-35)37-31(40-32)24-12-16-27(17-13-24)39-22-25-8-4-5-9-28(25)34/h4-5,8-17,30,36H,6-7,18-19,21-22H2,1-3H3. The third kappa shape index (κ3) is 6.50. The van der Waals surface area contributed by atoms with Crippen molar-refractivity contribution in [2.45, 2.75) is 51.7 Å². The van der Waals surface area contributed by atoms with Crippen molar-refractivity contribution in [3.05, 3.63) is 100 Å². The van der Waals surface area contributed by atoms with Gasteiger partial charge < -0.3 is 14.5 Å². The molecule has 3 aromatic carbocycles. The number of ether oxygens (including phenoxy) is 1. The lowest BCUT2D eigenvalue weighted by Gasteiger charge is -2.29. The maximum absolute atomic E-state index is 9.77. The van der Waals surface area contributed by atoms with Crippen molar-refractivity contribution < 1.29 is 9.15 Å². The maximum Gasteiger partial charge on any atom is 0.232 e. The molecule has 1 fully saturated rings. The Bertz CT molecular complexity index is 1460. The molecule has 7 heteroatoms. The van der Waals surface area contributed by atoms with Crippen LogP contribution in [0.3, 0.4) is 0 Å². The molecule has 2 heterocycles. The van der Waals surface area contributed by atoms with Crippen molar-refractivity contribution in [2.75, 3.05) is 25.0 Å². The van der Waals surface area contributed by atoms with E-state index in [1.165, 1.54) is 24.0 Å². The number of benzene rings is 3. The lowest BCUT2D eigenvalue weighted by molar-refractivity contribution is 0.255. The summed E-state index contributed by atoms with van der Waals surface area (Å²) >= 11 is 6.23. The number of rotatable bonds is 9. The van der Waals surface area contributed by atoms with Crippen molar-refractivity contribution in [1.29, 1.82) is 5.26 Å². The first-order valence-corrected chi connectivity index (χ1v) is 14.2. The Kier molecular flexibility index (Phi) is 8.44. The molecule has 4 aromatic rings. The van der Waals surface area contributed by atoms with E-state index in [2.05, 4.69) is 66.3 Å². The van der Waals surface area contributed by atoms with Crippen LogP contribution in [0.25, 0.3) is 11.5 Å². The average molecular weight is 555 g/mol. The SMILES string of the molecule is CC(C)(C)c1ccc(C(CNc2oc(-c3ccc(OCc4ccccc4Cl)cc3)nc2C#N)N2CCCC2)cc1. The Morgan fingerprint density at radius 1 is 1.02 bits per heavy atom. The van der Waals surface area contributed by atoms with Crippen LogP contribution in [0.4, 0.5) is 5.88 Å². The molecule has 40 heavy (non-hydrogen) atoms. The summed E-state index contributed by atoms with van der Waals surface area (Å²) in [4.78, 5) is 6.96. The van der Waals surface area contributed by atoms with E-state index in [0.717, 1.165) is 24.2 Å². The average Bonchev–Trinajstić information content (AvgIpc) is 3.63. The summed E-state index contributed by atoms with van der Waals surface area (Å²) < 4.78 is 12.0. The zero-order chi connectivity index (χ0) is 28.1. The van der Waals surface area contributed by atoms with Gasteiger partial charge in [0.1, 0.15) is 18.4 Å². The number of halogens is 1. The van der Waals surface area contributed by atoms with E-state index in [1.807, 2.05) is 48.5 Å². The van der Waals surface area contributed by atoms with Crippen molar-refractivity contribution in [2.24, 2.45) is 0 Å². The van der Waals surface area contributed by atoms with E-state index >= 15 is 0 Å². The number of nitrogens with one attached hydrogen (secondary N) is 1. The van der Waals surface area contributed by atoms with Gasteiger partial charge in [0.25, 0.3) is 0 Å². The van der Waals surface area contributed by atoms with Gasteiger partial charge in [0.2, 0.25) is 17.5 Å². The van der Waals surface area contributed by atoms with Gasteiger partial charge in [-0.3, -0.25) is 4.90 Å². The first kappa shape index (κ1) is 27.8. The van der Waals surface area contributed by atoms with Gasteiger partial charge in [-0.15, -0.1) is 0 Å². The Morgan fingerprint density at radius 2 is 1.73 bits per heavy atom. The molecule has 1 aliphatic heterocycles. The summed E-state index contributed by atoms with van der Waals surface area (Å²) in [6.45, 7) is 9.81. The van der Waals surface area contributed by atoms with Crippen molar-refractivity contribution >= 4 is 17.5 Å². The molecule has 0 spiro atoms. The molecule has 0 amide bonds. The summed E-state index contributed by atoms with van der Waals surface area (Å²) in [6, 6.07) is 26.4. The van der Waals surface area contributed by atoms with Gasteiger partial charge in [-0.1, -0.05) is 74.8 Å². The molecule has 0 aliphatic carbocycles. The molecular weight excluding hydrogens is 520 g/mol. The lowest BCUT2D eigenvalue weighted by Crippen LogP contribution is -2.31. The molecule has 1 aliphatic rings. The number of anilines is 1. The summed E-state index contributed by atoms with van der Waals surface area (Å²) in [5.74, 6) is 1.50. The maximum atomic E-state index is 9.77. The van der Waals surface area contributed by atoms with E-state index < -0.39 is 0 Å². The quantitative estimate of drug-likeness (QED) is 0.226. The highest BCUT2D eigenvalue weighted by molar-refractivity contribution is 6.31. The fourth-order valence-electron chi connectivity index (χ4n) is 5.02. The largest absolute Gasteiger partial charge is 0.489 e. The Hall–Kier alpha value is -3.79. The molecule has 0 radical (unpaired) electrons. The van der Waals surface area contributed by atoms with Crippen LogP contribution in [0.15, 0.2) is 77.2 Å². The molecule has 1 saturated heterocycles. The van der Waals surface area contributed by atoms with Gasteiger partial charge >= 0.3 is 0 Å². The van der Waals surface area contributed by atoms with Gasteiger partial charge in [-0.2, -0.15) is 10.2 Å². The summed E-state index contributed by atoms with van der Waals surface area (Å²) in [5, 5.41) is 13.8. The topological polar surface area (TPSA) is 74.3 Å². The highest BCUT2D eigenvalue weighted by Gasteiger charge is 2.25. The van der Waals surface area contributed by atoms with Crippen LogP contribution >= 0.6 is 11.6 Å². The summed E-state index contributed by atoms with van der Waals surface area (Å²) in [7, 11) is 0. The molecule has 0 bridgehead atoms. The summed E-state index contributed by atoms with van der Waals surface area (Å²) in [5.41, 5.74) is 4.62. The predicted octanol–water partition coefficient (Wildman–Crippen LogP) is 7.99. The number of hydrogen-bond acceptors (Lipinski definition) is 6. The van der Waals surface area contributed by atoms with Gasteiger partial charge in [0.15, 0.2) is 0 Å². The first-order valence-electron chi connectivity index (χ1n) is 13.8. The minimum atomic E-state index is 0.109. The van der Waals surface area contributed by atoms with Crippen molar-refractivity contribution in [1.82, 2.24) is 9.88 Å². The molecule has 6 nitrogen and oxygen atoms in total. The van der Waals surface area contributed by atoms with Crippen LogP contribution in [0.2, 0.25) is 5.02 Å². The first-order chi connectivity index (χ1) is 19.3. The zero-order valence-corrected chi connectivity index (χ0v) is 24.0. The molecule has 1 N–H and O–H groups in total. The molecule has 1 atom stereocenters. The normalized spacial score (nSPS) is 14.6. The molecule has 1 unspecified atom stereocenters. The smallest absolute Gasteiger partial charge is 0.232 e. The third-order valence-electron chi connectivity index (χ3n) is 7.39.